The van der Waals surface area contributed by atoms with Gasteiger partial charge in [-0.05, 0) is 44.0 Å². The molecular weight excluding hydrogens is 354 g/mol. The molecule has 146 valence electrons. The second-order valence-electron chi connectivity index (χ2n) is 6.46. The third-order valence-corrected chi connectivity index (χ3v) is 4.45. The summed E-state index contributed by atoms with van der Waals surface area (Å²) in [6.45, 7) is 4.42. The first kappa shape index (κ1) is 19.5. The topological polar surface area (TPSA) is 86.7 Å². The first-order valence-electron chi connectivity index (χ1n) is 9.58. The third kappa shape index (κ3) is 4.73. The molecule has 0 saturated heterocycles. The minimum Gasteiger partial charge on any atom is -0.357 e. The lowest BCUT2D eigenvalue weighted by Crippen LogP contribution is -2.38. The zero-order valence-electron chi connectivity index (χ0n) is 16.0. The largest absolute Gasteiger partial charge is 0.357 e. The van der Waals surface area contributed by atoms with Gasteiger partial charge in [-0.25, -0.2) is 4.99 Å². The fourth-order valence-corrected chi connectivity index (χ4v) is 3.04. The number of nitrogens with zero attached hydrogens (tertiary/aromatic N) is 3. The summed E-state index contributed by atoms with van der Waals surface area (Å²) in [6.07, 6.45) is 3.31. The van der Waals surface area contributed by atoms with Crippen LogP contribution in [0.3, 0.4) is 0 Å². The maximum Gasteiger partial charge on any atom is 0.261 e. The number of fused-ring (bicyclic) bond motifs is 1. The Balaban J connectivity index is 1.43. The molecule has 2 amide bonds. The molecule has 7 heteroatoms. The third-order valence-electron chi connectivity index (χ3n) is 4.45. The van der Waals surface area contributed by atoms with Gasteiger partial charge in [0.15, 0.2) is 5.96 Å². The molecule has 1 aromatic carbocycles. The van der Waals surface area contributed by atoms with Crippen molar-refractivity contribution in [3.8, 4) is 0 Å². The molecule has 0 atom stereocenters. The summed E-state index contributed by atoms with van der Waals surface area (Å²) < 4.78 is 0. The van der Waals surface area contributed by atoms with Crippen LogP contribution >= 0.6 is 0 Å². The Morgan fingerprint density at radius 3 is 2.36 bits per heavy atom. The first-order chi connectivity index (χ1) is 13.7. The van der Waals surface area contributed by atoms with Crippen LogP contribution in [0.4, 0.5) is 0 Å². The van der Waals surface area contributed by atoms with E-state index in [0.29, 0.717) is 30.8 Å². The summed E-state index contributed by atoms with van der Waals surface area (Å²) in [5, 5.41) is 6.48. The predicted molar refractivity (Wildman–Crippen MR) is 108 cm³/mol. The number of benzene rings is 1. The van der Waals surface area contributed by atoms with Crippen molar-refractivity contribution in [2.45, 2.75) is 26.3 Å². The number of hydrogen-bond donors (Lipinski definition) is 2. The zero-order chi connectivity index (χ0) is 19.8. The average molecular weight is 379 g/mol. The number of guanidine groups is 1. The fraction of sp³-hybridized carbons (Fsp3) is 0.333. The standard InChI is InChI=1S/C21H25N5O2/c1-2-22-21(25-15-16-9-5-6-12-23-16)24-13-7-8-14-26-19(27)17-10-3-4-11-18(17)20(26)28/h3-6,9-12H,2,7-8,13-15H2,1H3,(H2,22,24,25). The van der Waals surface area contributed by atoms with Crippen LogP contribution in [0.2, 0.25) is 0 Å². The number of carbonyl (C=O) groups excluding carboxylic acids is 2. The van der Waals surface area contributed by atoms with E-state index in [-0.39, 0.29) is 11.8 Å². The summed E-state index contributed by atoms with van der Waals surface area (Å²) >= 11 is 0. The van der Waals surface area contributed by atoms with Gasteiger partial charge in [0, 0.05) is 25.8 Å². The van der Waals surface area contributed by atoms with Gasteiger partial charge in [-0.1, -0.05) is 18.2 Å². The highest BCUT2D eigenvalue weighted by Crippen LogP contribution is 2.22. The average Bonchev–Trinajstić information content (AvgIpc) is 2.97. The Morgan fingerprint density at radius 2 is 1.71 bits per heavy atom. The zero-order valence-corrected chi connectivity index (χ0v) is 16.0. The van der Waals surface area contributed by atoms with Gasteiger partial charge in [-0.3, -0.25) is 19.5 Å². The van der Waals surface area contributed by atoms with Gasteiger partial charge in [0.1, 0.15) is 0 Å². The maximum atomic E-state index is 12.3. The first-order valence-corrected chi connectivity index (χ1v) is 9.58. The quantitative estimate of drug-likeness (QED) is 0.318. The Kier molecular flexibility index (Phi) is 6.73. The van der Waals surface area contributed by atoms with Crippen LogP contribution < -0.4 is 10.6 Å². The van der Waals surface area contributed by atoms with E-state index in [1.807, 2.05) is 25.1 Å². The van der Waals surface area contributed by atoms with Crippen molar-refractivity contribution < 1.29 is 9.59 Å². The molecule has 0 aliphatic carbocycles. The number of pyridine rings is 1. The van der Waals surface area contributed by atoms with Crippen molar-refractivity contribution in [1.29, 1.82) is 0 Å². The lowest BCUT2D eigenvalue weighted by Gasteiger charge is -2.14. The normalized spacial score (nSPS) is 13.6. The van der Waals surface area contributed by atoms with E-state index >= 15 is 0 Å². The SMILES string of the molecule is CCNC(=NCc1ccccn1)NCCCCN1C(=O)c2ccccc2C1=O. The van der Waals surface area contributed by atoms with E-state index < -0.39 is 0 Å². The minimum absolute atomic E-state index is 0.196. The smallest absolute Gasteiger partial charge is 0.261 e. The van der Waals surface area contributed by atoms with Crippen LogP contribution in [0.25, 0.3) is 0 Å². The van der Waals surface area contributed by atoms with Crippen molar-refractivity contribution in [2.75, 3.05) is 19.6 Å². The monoisotopic (exact) mass is 379 g/mol. The molecule has 0 unspecified atom stereocenters. The molecule has 0 radical (unpaired) electrons. The molecular formula is C21H25N5O2. The summed E-state index contributed by atoms with van der Waals surface area (Å²) in [6, 6.07) is 12.7. The molecule has 28 heavy (non-hydrogen) atoms. The van der Waals surface area contributed by atoms with E-state index in [9.17, 15) is 9.59 Å². The van der Waals surface area contributed by atoms with Gasteiger partial charge in [-0.2, -0.15) is 0 Å². The van der Waals surface area contributed by atoms with Gasteiger partial charge >= 0.3 is 0 Å². The molecule has 2 heterocycles. The highest BCUT2D eigenvalue weighted by Gasteiger charge is 2.34. The van der Waals surface area contributed by atoms with Crippen LogP contribution in [0.5, 0.6) is 0 Å². The molecule has 2 N–H and O–H groups in total. The van der Waals surface area contributed by atoms with Gasteiger partial charge in [0.25, 0.3) is 11.8 Å². The highest BCUT2D eigenvalue weighted by molar-refractivity contribution is 6.21. The Hall–Kier alpha value is -3.22. The Bertz CT molecular complexity index is 816. The molecule has 1 aliphatic heterocycles. The molecule has 3 rings (SSSR count). The van der Waals surface area contributed by atoms with Crippen molar-refractivity contribution >= 4 is 17.8 Å². The summed E-state index contributed by atoms with van der Waals surface area (Å²) in [4.78, 5) is 34.8. The van der Waals surface area contributed by atoms with Gasteiger partial charge in [-0.15, -0.1) is 0 Å². The molecule has 0 bridgehead atoms. The number of rotatable bonds is 8. The van der Waals surface area contributed by atoms with E-state index in [1.165, 1.54) is 4.90 Å². The predicted octanol–water partition coefficient (Wildman–Crippen LogP) is 2.21. The number of aliphatic imine (C=N–C) groups is 1. The fourth-order valence-electron chi connectivity index (χ4n) is 3.04. The Morgan fingerprint density at radius 1 is 1.00 bits per heavy atom. The molecule has 7 nitrogen and oxygen atoms in total. The molecule has 1 aromatic heterocycles. The van der Waals surface area contributed by atoms with E-state index in [0.717, 1.165) is 31.0 Å². The molecule has 2 aromatic rings. The second kappa shape index (κ2) is 9.64. The van der Waals surface area contributed by atoms with Crippen molar-refractivity contribution in [1.82, 2.24) is 20.5 Å². The number of hydrogen-bond acceptors (Lipinski definition) is 4. The van der Waals surface area contributed by atoms with Gasteiger partial charge in [0.05, 0.1) is 23.4 Å². The maximum absolute atomic E-state index is 12.3. The number of amides is 2. The van der Waals surface area contributed by atoms with E-state index in [1.54, 1.807) is 30.5 Å². The van der Waals surface area contributed by atoms with Crippen LogP contribution in [0.1, 0.15) is 46.2 Å². The summed E-state index contributed by atoms with van der Waals surface area (Å²) in [5.41, 5.74) is 1.91. The number of carbonyl (C=O) groups is 2. The number of imide groups is 1. The number of aromatic nitrogens is 1. The molecule has 0 saturated carbocycles. The van der Waals surface area contributed by atoms with Crippen LogP contribution in [-0.2, 0) is 6.54 Å². The van der Waals surface area contributed by atoms with E-state index in [2.05, 4.69) is 20.6 Å². The summed E-state index contributed by atoms with van der Waals surface area (Å²) in [7, 11) is 0. The lowest BCUT2D eigenvalue weighted by atomic mass is 10.1. The van der Waals surface area contributed by atoms with Gasteiger partial charge < -0.3 is 10.6 Å². The molecule has 0 spiro atoms. The lowest BCUT2D eigenvalue weighted by molar-refractivity contribution is 0.0652. The van der Waals surface area contributed by atoms with Crippen molar-refractivity contribution in [3.63, 3.8) is 0 Å². The molecule has 1 aliphatic rings. The second-order valence-corrected chi connectivity index (χ2v) is 6.46. The molecule has 0 fully saturated rings. The Labute approximate surface area is 164 Å². The van der Waals surface area contributed by atoms with Crippen LogP contribution in [-0.4, -0.2) is 47.3 Å². The van der Waals surface area contributed by atoms with E-state index in [4.69, 9.17) is 0 Å². The van der Waals surface area contributed by atoms with Gasteiger partial charge in [0.2, 0.25) is 0 Å². The van der Waals surface area contributed by atoms with Crippen LogP contribution in [0, 0.1) is 0 Å². The number of unbranched alkanes of at least 4 members (excludes halogenated alkanes) is 1. The van der Waals surface area contributed by atoms with Crippen molar-refractivity contribution in [2.24, 2.45) is 4.99 Å². The highest BCUT2D eigenvalue weighted by atomic mass is 16.2. The number of nitrogens with one attached hydrogen (secondary N) is 2. The van der Waals surface area contributed by atoms with Crippen LogP contribution in [0.15, 0.2) is 53.7 Å². The summed E-state index contributed by atoms with van der Waals surface area (Å²) in [5.74, 6) is 0.339. The van der Waals surface area contributed by atoms with Crippen molar-refractivity contribution in [3.05, 3.63) is 65.5 Å². The minimum atomic E-state index is -0.196.